The van der Waals surface area contributed by atoms with E-state index in [1.807, 2.05) is 20.8 Å². The van der Waals surface area contributed by atoms with Crippen molar-refractivity contribution in [3.8, 4) is 0 Å². The lowest BCUT2D eigenvalue weighted by molar-refractivity contribution is 0.0620. The highest BCUT2D eigenvalue weighted by atomic mass is 35.5. The first-order valence-corrected chi connectivity index (χ1v) is 6.00. The summed E-state index contributed by atoms with van der Waals surface area (Å²) < 4.78 is 0. The SMILES string of the molecule is CCC(C)(C)N(C)C(=O)c1ccc(N)cc1Cl. The summed E-state index contributed by atoms with van der Waals surface area (Å²) in [6, 6.07) is 4.95. The van der Waals surface area contributed by atoms with Gasteiger partial charge in [0.15, 0.2) is 0 Å². The molecule has 1 amide bonds. The Balaban J connectivity index is 3.05. The number of nitrogens with zero attached hydrogens (tertiary/aromatic N) is 1. The fourth-order valence-corrected chi connectivity index (χ4v) is 1.67. The van der Waals surface area contributed by atoms with Crippen LogP contribution in [0.25, 0.3) is 0 Å². The first kappa shape index (κ1) is 13.8. The Kier molecular flexibility index (Phi) is 4.04. The summed E-state index contributed by atoms with van der Waals surface area (Å²) in [4.78, 5) is 14.0. The van der Waals surface area contributed by atoms with Gasteiger partial charge in [0.05, 0.1) is 10.6 Å². The van der Waals surface area contributed by atoms with Gasteiger partial charge in [-0.3, -0.25) is 4.79 Å². The number of rotatable bonds is 3. The molecule has 0 heterocycles. The van der Waals surface area contributed by atoms with Crippen molar-refractivity contribution in [2.24, 2.45) is 0 Å². The Morgan fingerprint density at radius 1 is 1.47 bits per heavy atom. The molecule has 0 aliphatic rings. The van der Waals surface area contributed by atoms with Crippen LogP contribution < -0.4 is 5.73 Å². The third-order valence-electron chi connectivity index (χ3n) is 3.30. The predicted molar refractivity (Wildman–Crippen MR) is 72.3 cm³/mol. The normalized spacial score (nSPS) is 11.4. The highest BCUT2D eigenvalue weighted by Crippen LogP contribution is 2.24. The minimum Gasteiger partial charge on any atom is -0.399 e. The molecule has 0 spiro atoms. The molecule has 0 saturated carbocycles. The fraction of sp³-hybridized carbons (Fsp3) is 0.462. The topological polar surface area (TPSA) is 46.3 Å². The van der Waals surface area contributed by atoms with Crippen molar-refractivity contribution >= 4 is 23.2 Å². The van der Waals surface area contributed by atoms with E-state index in [0.717, 1.165) is 6.42 Å². The second-order valence-corrected chi connectivity index (χ2v) is 5.18. The van der Waals surface area contributed by atoms with E-state index in [4.69, 9.17) is 17.3 Å². The lowest BCUT2D eigenvalue weighted by Gasteiger charge is -2.35. The average molecular weight is 255 g/mol. The smallest absolute Gasteiger partial charge is 0.255 e. The van der Waals surface area contributed by atoms with Gasteiger partial charge in [-0.15, -0.1) is 0 Å². The van der Waals surface area contributed by atoms with Gasteiger partial charge in [-0.1, -0.05) is 18.5 Å². The molecule has 0 radical (unpaired) electrons. The lowest BCUT2D eigenvalue weighted by atomic mass is 9.99. The van der Waals surface area contributed by atoms with Crippen LogP contribution in [0.1, 0.15) is 37.6 Å². The standard InChI is InChI=1S/C13H19ClN2O/c1-5-13(2,3)16(4)12(17)10-7-6-9(15)8-11(10)14/h6-8H,5,15H2,1-4H3. The van der Waals surface area contributed by atoms with Gasteiger partial charge >= 0.3 is 0 Å². The molecule has 0 aromatic heterocycles. The Hall–Kier alpha value is -1.22. The molecule has 17 heavy (non-hydrogen) atoms. The Morgan fingerprint density at radius 2 is 2.06 bits per heavy atom. The maximum Gasteiger partial charge on any atom is 0.255 e. The number of nitrogens with two attached hydrogens (primary N) is 1. The average Bonchev–Trinajstić information content (AvgIpc) is 2.27. The summed E-state index contributed by atoms with van der Waals surface area (Å²) in [6.07, 6.45) is 0.877. The molecule has 1 aromatic carbocycles. The summed E-state index contributed by atoms with van der Waals surface area (Å²) in [5.74, 6) is -0.0816. The van der Waals surface area contributed by atoms with Crippen molar-refractivity contribution < 1.29 is 4.79 Å². The van der Waals surface area contributed by atoms with Gasteiger partial charge in [0, 0.05) is 18.3 Å². The van der Waals surface area contributed by atoms with E-state index in [-0.39, 0.29) is 11.4 Å². The lowest BCUT2D eigenvalue weighted by Crippen LogP contribution is -2.44. The van der Waals surface area contributed by atoms with Crippen LogP contribution in [0.15, 0.2) is 18.2 Å². The number of hydrogen-bond acceptors (Lipinski definition) is 2. The number of amides is 1. The van der Waals surface area contributed by atoms with E-state index in [9.17, 15) is 4.79 Å². The van der Waals surface area contributed by atoms with Crippen LogP contribution in [-0.2, 0) is 0 Å². The largest absolute Gasteiger partial charge is 0.399 e. The summed E-state index contributed by atoms with van der Waals surface area (Å²) in [5.41, 5.74) is 6.46. The highest BCUT2D eigenvalue weighted by molar-refractivity contribution is 6.34. The monoisotopic (exact) mass is 254 g/mol. The molecule has 0 saturated heterocycles. The van der Waals surface area contributed by atoms with E-state index < -0.39 is 0 Å². The van der Waals surface area contributed by atoms with Gasteiger partial charge in [0.1, 0.15) is 0 Å². The fourth-order valence-electron chi connectivity index (χ4n) is 1.40. The van der Waals surface area contributed by atoms with E-state index >= 15 is 0 Å². The van der Waals surface area contributed by atoms with Gasteiger partial charge in [0.2, 0.25) is 0 Å². The zero-order valence-electron chi connectivity index (χ0n) is 10.7. The number of halogens is 1. The zero-order chi connectivity index (χ0) is 13.2. The molecule has 0 aliphatic heterocycles. The molecular formula is C13H19ClN2O. The number of benzene rings is 1. The summed E-state index contributed by atoms with van der Waals surface area (Å²) >= 11 is 6.03. The number of carbonyl (C=O) groups excluding carboxylic acids is 1. The van der Waals surface area contributed by atoms with Crippen LogP contribution in [0.4, 0.5) is 5.69 Å². The minimum atomic E-state index is -0.193. The van der Waals surface area contributed by atoms with Crippen LogP contribution in [0, 0.1) is 0 Å². The van der Waals surface area contributed by atoms with Crippen LogP contribution in [0.2, 0.25) is 5.02 Å². The molecule has 3 nitrogen and oxygen atoms in total. The van der Waals surface area contributed by atoms with E-state index in [1.54, 1.807) is 30.1 Å². The molecule has 1 aromatic rings. The van der Waals surface area contributed by atoms with Crippen molar-refractivity contribution in [1.82, 2.24) is 4.90 Å². The molecule has 0 unspecified atom stereocenters. The first-order chi connectivity index (χ1) is 7.79. The quantitative estimate of drug-likeness (QED) is 0.842. The highest BCUT2D eigenvalue weighted by Gasteiger charge is 2.27. The van der Waals surface area contributed by atoms with Crippen molar-refractivity contribution in [2.45, 2.75) is 32.7 Å². The van der Waals surface area contributed by atoms with Gasteiger partial charge < -0.3 is 10.6 Å². The van der Waals surface area contributed by atoms with Crippen molar-refractivity contribution in [1.29, 1.82) is 0 Å². The maximum absolute atomic E-state index is 12.3. The number of nitrogen functional groups attached to an aromatic ring is 1. The third-order valence-corrected chi connectivity index (χ3v) is 3.61. The van der Waals surface area contributed by atoms with Crippen LogP contribution in [0.3, 0.4) is 0 Å². The Bertz CT molecular complexity index is 429. The maximum atomic E-state index is 12.3. The number of carbonyl (C=O) groups is 1. The summed E-state index contributed by atoms with van der Waals surface area (Å²) in [5, 5.41) is 0.397. The number of anilines is 1. The van der Waals surface area contributed by atoms with Crippen molar-refractivity contribution in [3.05, 3.63) is 28.8 Å². The number of hydrogen-bond donors (Lipinski definition) is 1. The molecular weight excluding hydrogens is 236 g/mol. The molecule has 0 fully saturated rings. The molecule has 0 aliphatic carbocycles. The van der Waals surface area contributed by atoms with Crippen molar-refractivity contribution in [2.75, 3.05) is 12.8 Å². The van der Waals surface area contributed by atoms with Crippen LogP contribution >= 0.6 is 11.6 Å². The van der Waals surface area contributed by atoms with Crippen molar-refractivity contribution in [3.63, 3.8) is 0 Å². The van der Waals surface area contributed by atoms with E-state index in [2.05, 4.69) is 0 Å². The minimum absolute atomic E-state index is 0.0816. The molecule has 2 N–H and O–H groups in total. The van der Waals surface area contributed by atoms with E-state index in [0.29, 0.717) is 16.3 Å². The van der Waals surface area contributed by atoms with Crippen LogP contribution in [0.5, 0.6) is 0 Å². The first-order valence-electron chi connectivity index (χ1n) is 5.62. The Morgan fingerprint density at radius 3 is 2.53 bits per heavy atom. The molecule has 4 heteroatoms. The third kappa shape index (κ3) is 2.91. The molecule has 0 bridgehead atoms. The van der Waals surface area contributed by atoms with Gasteiger partial charge in [-0.05, 0) is 38.5 Å². The van der Waals surface area contributed by atoms with Gasteiger partial charge in [-0.25, -0.2) is 0 Å². The molecule has 94 valence electrons. The second kappa shape index (κ2) is 4.96. The molecule has 1 rings (SSSR count). The van der Waals surface area contributed by atoms with Crippen LogP contribution in [-0.4, -0.2) is 23.4 Å². The zero-order valence-corrected chi connectivity index (χ0v) is 11.5. The Labute approximate surface area is 108 Å². The van der Waals surface area contributed by atoms with E-state index in [1.165, 1.54) is 0 Å². The summed E-state index contributed by atoms with van der Waals surface area (Å²) in [7, 11) is 1.79. The van der Waals surface area contributed by atoms with Gasteiger partial charge in [-0.2, -0.15) is 0 Å². The second-order valence-electron chi connectivity index (χ2n) is 4.77. The summed E-state index contributed by atoms with van der Waals surface area (Å²) in [6.45, 7) is 6.10. The van der Waals surface area contributed by atoms with Gasteiger partial charge in [0.25, 0.3) is 5.91 Å². The predicted octanol–water partition coefficient (Wildman–Crippen LogP) is 3.18. The molecule has 0 atom stereocenters.